The van der Waals surface area contributed by atoms with Crippen molar-refractivity contribution in [3.05, 3.63) is 12.2 Å². The SMILES string of the molecule is CC(C)(C)OC(=O)[C@@H](OC[C@H]1O[C@@H](n2cnc3c(N)nc(CN)nc32)[C@H](O)[C@H]1O)P(=O)(O)O. The normalized spacial score (nSPS) is 24.8. The van der Waals surface area contributed by atoms with Gasteiger partial charge in [-0.3, -0.25) is 9.13 Å². The van der Waals surface area contributed by atoms with Gasteiger partial charge in [-0.05, 0) is 20.8 Å². The van der Waals surface area contributed by atoms with Crippen LogP contribution in [0.3, 0.4) is 0 Å². The highest BCUT2D eigenvalue weighted by Gasteiger charge is 2.47. The van der Waals surface area contributed by atoms with Crippen LogP contribution in [0.5, 0.6) is 0 Å². The van der Waals surface area contributed by atoms with Gasteiger partial charge in [0.25, 0.3) is 5.85 Å². The Balaban J connectivity index is 1.79. The third-order valence-electron chi connectivity index (χ3n) is 4.62. The number of anilines is 1. The Kier molecular flexibility index (Phi) is 7.07. The van der Waals surface area contributed by atoms with Crippen molar-refractivity contribution in [3.8, 4) is 0 Å². The molecule has 2 aromatic heterocycles. The molecular formula is C17H27N6O9P. The minimum Gasteiger partial charge on any atom is -0.458 e. The minimum absolute atomic E-state index is 0.00703. The van der Waals surface area contributed by atoms with Crippen LogP contribution in [-0.2, 0) is 30.1 Å². The summed E-state index contributed by atoms with van der Waals surface area (Å²) in [6.45, 7) is 3.92. The minimum atomic E-state index is -5.07. The number of fused-ring (bicyclic) bond motifs is 1. The summed E-state index contributed by atoms with van der Waals surface area (Å²) in [4.78, 5) is 43.5. The van der Waals surface area contributed by atoms with E-state index in [-0.39, 0.29) is 29.4 Å². The van der Waals surface area contributed by atoms with E-state index in [1.807, 2.05) is 0 Å². The van der Waals surface area contributed by atoms with Crippen LogP contribution in [0.25, 0.3) is 11.2 Å². The second-order valence-electron chi connectivity index (χ2n) is 8.41. The maximum absolute atomic E-state index is 12.2. The highest BCUT2D eigenvalue weighted by Crippen LogP contribution is 2.43. The quantitative estimate of drug-likeness (QED) is 0.188. The van der Waals surface area contributed by atoms with Crippen LogP contribution < -0.4 is 11.5 Å². The van der Waals surface area contributed by atoms with Crippen molar-refractivity contribution >= 4 is 30.5 Å². The fourth-order valence-electron chi connectivity index (χ4n) is 3.20. The molecule has 15 nitrogen and oxygen atoms in total. The van der Waals surface area contributed by atoms with Crippen LogP contribution in [0.1, 0.15) is 32.8 Å². The first kappa shape index (κ1) is 25.4. The van der Waals surface area contributed by atoms with Gasteiger partial charge in [-0.15, -0.1) is 0 Å². The molecule has 5 atom stereocenters. The van der Waals surface area contributed by atoms with Crippen molar-refractivity contribution in [2.24, 2.45) is 5.73 Å². The average Bonchev–Trinajstić information content (AvgIpc) is 3.22. The van der Waals surface area contributed by atoms with Gasteiger partial charge in [0, 0.05) is 0 Å². The van der Waals surface area contributed by atoms with E-state index in [4.69, 9.17) is 25.7 Å². The first-order valence-electron chi connectivity index (χ1n) is 9.83. The van der Waals surface area contributed by atoms with Crippen molar-refractivity contribution in [1.82, 2.24) is 19.5 Å². The van der Waals surface area contributed by atoms with E-state index in [0.717, 1.165) is 0 Å². The molecule has 16 heteroatoms. The van der Waals surface area contributed by atoms with Gasteiger partial charge in [0.2, 0.25) is 0 Å². The summed E-state index contributed by atoms with van der Waals surface area (Å²) in [5.74, 6) is -3.23. The van der Waals surface area contributed by atoms with Crippen molar-refractivity contribution in [2.45, 2.75) is 63.3 Å². The number of ether oxygens (including phenoxy) is 3. The van der Waals surface area contributed by atoms with Crippen molar-refractivity contribution < 1.29 is 43.6 Å². The lowest BCUT2D eigenvalue weighted by Gasteiger charge is -2.25. The topological polar surface area (TPSA) is 238 Å². The van der Waals surface area contributed by atoms with E-state index < -0.39 is 56.2 Å². The van der Waals surface area contributed by atoms with E-state index >= 15 is 0 Å². The zero-order chi connectivity index (χ0) is 24.7. The van der Waals surface area contributed by atoms with Gasteiger partial charge < -0.3 is 45.7 Å². The Morgan fingerprint density at radius 3 is 2.55 bits per heavy atom. The summed E-state index contributed by atoms with van der Waals surface area (Å²) in [5, 5.41) is 20.9. The zero-order valence-corrected chi connectivity index (χ0v) is 19.0. The molecule has 1 fully saturated rings. The molecule has 0 aliphatic carbocycles. The van der Waals surface area contributed by atoms with E-state index in [0.29, 0.717) is 0 Å². The summed E-state index contributed by atoms with van der Waals surface area (Å²) in [6, 6.07) is 0. The molecular weight excluding hydrogens is 463 g/mol. The fourth-order valence-corrected chi connectivity index (χ4v) is 3.81. The highest BCUT2D eigenvalue weighted by molar-refractivity contribution is 7.53. The molecule has 0 spiro atoms. The zero-order valence-electron chi connectivity index (χ0n) is 18.1. The van der Waals surface area contributed by atoms with E-state index in [1.165, 1.54) is 31.7 Å². The Morgan fingerprint density at radius 2 is 1.97 bits per heavy atom. The maximum Gasteiger partial charge on any atom is 0.365 e. The Morgan fingerprint density at radius 1 is 1.30 bits per heavy atom. The van der Waals surface area contributed by atoms with E-state index in [1.54, 1.807) is 0 Å². The van der Waals surface area contributed by atoms with Crippen LogP contribution in [0, 0.1) is 0 Å². The molecule has 8 N–H and O–H groups in total. The molecule has 3 rings (SSSR count). The Hall–Kier alpha value is -2.23. The summed E-state index contributed by atoms with van der Waals surface area (Å²) >= 11 is 0. The summed E-state index contributed by atoms with van der Waals surface area (Å²) < 4.78 is 28.8. The van der Waals surface area contributed by atoms with Crippen LogP contribution in [0.4, 0.5) is 5.82 Å². The predicted molar refractivity (Wildman–Crippen MR) is 111 cm³/mol. The largest absolute Gasteiger partial charge is 0.458 e. The van der Waals surface area contributed by atoms with Gasteiger partial charge in [-0.1, -0.05) is 0 Å². The first-order valence-corrected chi connectivity index (χ1v) is 11.5. The number of nitrogens with two attached hydrogens (primary N) is 2. The number of nitrogens with zero attached hydrogens (tertiary/aromatic N) is 4. The molecule has 0 saturated carbocycles. The van der Waals surface area contributed by atoms with Gasteiger partial charge in [-0.2, -0.15) is 0 Å². The number of nitrogen functional groups attached to an aromatic ring is 1. The van der Waals surface area contributed by atoms with Crippen molar-refractivity contribution in [3.63, 3.8) is 0 Å². The van der Waals surface area contributed by atoms with Crippen molar-refractivity contribution in [1.29, 1.82) is 0 Å². The lowest BCUT2D eigenvalue weighted by molar-refractivity contribution is -0.166. The number of rotatable bonds is 7. The predicted octanol–water partition coefficient (Wildman–Crippen LogP) is -1.65. The molecule has 1 aliphatic heterocycles. The molecule has 0 radical (unpaired) electrons. The number of imidazole rings is 1. The number of hydrogen-bond acceptors (Lipinski definition) is 12. The lowest BCUT2D eigenvalue weighted by Crippen LogP contribution is -2.38. The second-order valence-corrected chi connectivity index (χ2v) is 10.1. The lowest BCUT2D eigenvalue weighted by atomic mass is 10.1. The average molecular weight is 490 g/mol. The van der Waals surface area contributed by atoms with E-state index in [2.05, 4.69) is 15.0 Å². The van der Waals surface area contributed by atoms with Crippen LogP contribution >= 0.6 is 7.60 Å². The number of aliphatic hydroxyl groups excluding tert-OH is 2. The van der Waals surface area contributed by atoms with Gasteiger partial charge in [0.05, 0.1) is 19.5 Å². The van der Waals surface area contributed by atoms with Crippen molar-refractivity contribution in [2.75, 3.05) is 12.3 Å². The van der Waals surface area contributed by atoms with E-state index in [9.17, 15) is 29.4 Å². The number of aliphatic hydroxyl groups is 2. The number of carbonyl (C=O) groups is 1. The fraction of sp³-hybridized carbons (Fsp3) is 0.647. The number of carbonyl (C=O) groups excluding carboxylic acids is 1. The molecule has 2 aromatic rings. The first-order chi connectivity index (χ1) is 15.2. The maximum atomic E-state index is 12.2. The Bertz CT molecular complexity index is 1070. The third kappa shape index (κ3) is 5.47. The third-order valence-corrected chi connectivity index (χ3v) is 5.59. The summed E-state index contributed by atoms with van der Waals surface area (Å²) in [5.41, 5.74) is 10.8. The molecule has 1 saturated heterocycles. The smallest absolute Gasteiger partial charge is 0.365 e. The summed E-state index contributed by atoms with van der Waals surface area (Å²) in [7, 11) is -5.07. The molecule has 0 amide bonds. The standard InChI is InChI=1S/C17H27N6O9P/c1-17(2,3)32-15(26)16(33(27,28)29)30-5-7-10(24)11(25)14(31-7)23-6-20-9-12(19)21-8(4-18)22-13(9)23/h6-7,10-11,14,16,24-25H,4-5,18H2,1-3H3,(H2,19,21,22)(H2,27,28,29)/t7-,10+,11-,14-,16+/m1/s1. The number of aromatic nitrogens is 4. The van der Waals surface area contributed by atoms with Gasteiger partial charge >= 0.3 is 13.6 Å². The molecule has 0 bridgehead atoms. The molecule has 1 aliphatic rings. The highest BCUT2D eigenvalue weighted by atomic mass is 31.2. The monoisotopic (exact) mass is 490 g/mol. The Labute approximate surface area is 187 Å². The van der Waals surface area contributed by atoms with Crippen LogP contribution in [-0.4, -0.2) is 81.9 Å². The molecule has 184 valence electrons. The van der Waals surface area contributed by atoms with Crippen LogP contribution in [0.2, 0.25) is 0 Å². The molecule has 3 heterocycles. The second kappa shape index (κ2) is 9.19. The van der Waals surface area contributed by atoms with Crippen LogP contribution in [0.15, 0.2) is 6.33 Å². The summed E-state index contributed by atoms with van der Waals surface area (Å²) in [6.07, 6.45) is -4.21. The van der Waals surface area contributed by atoms with Gasteiger partial charge in [-0.25, -0.2) is 19.7 Å². The van der Waals surface area contributed by atoms with Gasteiger partial charge in [0.1, 0.15) is 35.3 Å². The number of esters is 1. The number of hydrogen-bond donors (Lipinski definition) is 6. The molecule has 33 heavy (non-hydrogen) atoms. The molecule has 0 unspecified atom stereocenters. The van der Waals surface area contributed by atoms with Gasteiger partial charge in [0.15, 0.2) is 17.7 Å². The molecule has 0 aromatic carbocycles.